The second-order valence-electron chi connectivity index (χ2n) is 6.03. The molecule has 2 aromatic heterocycles. The molecule has 1 saturated carbocycles. The van der Waals surface area contributed by atoms with Gasteiger partial charge in [-0.3, -0.25) is 4.79 Å². The largest absolute Gasteiger partial charge is 0.480 e. The summed E-state index contributed by atoms with van der Waals surface area (Å²) in [5.41, 5.74) is 6.88. The van der Waals surface area contributed by atoms with Crippen molar-refractivity contribution in [3.63, 3.8) is 0 Å². The molecule has 3 N–H and O–H groups in total. The molecule has 0 saturated heterocycles. The number of amides is 1. The molecule has 0 bridgehead atoms. The van der Waals surface area contributed by atoms with Gasteiger partial charge < -0.3 is 20.5 Å². The van der Waals surface area contributed by atoms with E-state index in [2.05, 4.69) is 15.3 Å². The number of methoxy groups -OCH3 is 2. The van der Waals surface area contributed by atoms with Crippen LogP contribution < -0.4 is 15.8 Å². The van der Waals surface area contributed by atoms with Gasteiger partial charge in [-0.05, 0) is 31.2 Å². The number of ether oxygens (including phenoxy) is 2. The van der Waals surface area contributed by atoms with Crippen LogP contribution in [-0.4, -0.2) is 42.7 Å². The molecule has 1 amide bonds. The van der Waals surface area contributed by atoms with Crippen LogP contribution in [0.3, 0.4) is 0 Å². The van der Waals surface area contributed by atoms with Crippen LogP contribution in [0.2, 0.25) is 0 Å². The summed E-state index contributed by atoms with van der Waals surface area (Å²) in [6.07, 6.45) is 2.32. The zero-order valence-corrected chi connectivity index (χ0v) is 14.9. The first kappa shape index (κ1) is 17.1. The van der Waals surface area contributed by atoms with E-state index < -0.39 is 0 Å². The van der Waals surface area contributed by atoms with Crippen LogP contribution in [0.5, 0.6) is 5.88 Å². The Labute approximate surface area is 144 Å². The molecule has 1 aliphatic carbocycles. The Hall–Kier alpha value is -1.77. The van der Waals surface area contributed by atoms with Crippen molar-refractivity contribution in [1.82, 2.24) is 15.3 Å². The fourth-order valence-electron chi connectivity index (χ4n) is 2.68. The second kappa shape index (κ2) is 7.00. The van der Waals surface area contributed by atoms with Crippen LogP contribution in [0.4, 0.5) is 0 Å². The number of hydrogen-bond donors (Lipinski definition) is 2. The number of aromatic nitrogens is 2. The molecule has 0 aromatic carbocycles. The highest BCUT2D eigenvalue weighted by molar-refractivity contribution is 7.20. The normalized spacial score (nSPS) is 15.5. The van der Waals surface area contributed by atoms with E-state index >= 15 is 0 Å². The molecule has 0 aliphatic heterocycles. The third-order valence-electron chi connectivity index (χ3n) is 4.20. The summed E-state index contributed by atoms with van der Waals surface area (Å²) in [7, 11) is 3.14. The lowest BCUT2D eigenvalue weighted by molar-refractivity contribution is 0.0954. The first-order chi connectivity index (χ1) is 11.5. The number of nitrogens with zero attached hydrogens (tertiary/aromatic N) is 2. The molecule has 24 heavy (non-hydrogen) atoms. The van der Waals surface area contributed by atoms with Gasteiger partial charge >= 0.3 is 0 Å². The number of fused-ring (bicyclic) bond motifs is 1. The van der Waals surface area contributed by atoms with Crippen LogP contribution in [0.25, 0.3) is 10.2 Å². The van der Waals surface area contributed by atoms with Crippen LogP contribution in [0.15, 0.2) is 0 Å². The van der Waals surface area contributed by atoms with Crippen LogP contribution in [0.1, 0.15) is 33.9 Å². The molecule has 2 aromatic rings. The molecule has 8 heteroatoms. The fourth-order valence-corrected chi connectivity index (χ4v) is 3.79. The van der Waals surface area contributed by atoms with Crippen molar-refractivity contribution in [3.8, 4) is 5.88 Å². The van der Waals surface area contributed by atoms with Gasteiger partial charge in [-0.25, -0.2) is 4.98 Å². The number of thiophene rings is 1. The van der Waals surface area contributed by atoms with E-state index in [0.717, 1.165) is 28.6 Å². The Morgan fingerprint density at radius 2 is 2.17 bits per heavy atom. The molecular formula is C16H22N4O3S. The summed E-state index contributed by atoms with van der Waals surface area (Å²) in [5.74, 6) is 1.43. The molecule has 130 valence electrons. The predicted octanol–water partition coefficient (Wildman–Crippen LogP) is 1.62. The van der Waals surface area contributed by atoms with Gasteiger partial charge in [-0.2, -0.15) is 4.98 Å². The minimum Gasteiger partial charge on any atom is -0.480 e. The summed E-state index contributed by atoms with van der Waals surface area (Å²) >= 11 is 1.34. The smallest absolute Gasteiger partial charge is 0.261 e. The minimum absolute atomic E-state index is 0.0336. The van der Waals surface area contributed by atoms with Crippen LogP contribution in [0, 0.1) is 12.8 Å². The highest BCUT2D eigenvalue weighted by Gasteiger charge is 2.29. The first-order valence-electron chi connectivity index (χ1n) is 7.91. The second-order valence-corrected chi connectivity index (χ2v) is 7.03. The van der Waals surface area contributed by atoms with Crippen molar-refractivity contribution >= 4 is 27.5 Å². The van der Waals surface area contributed by atoms with Crippen LogP contribution >= 0.6 is 11.3 Å². The van der Waals surface area contributed by atoms with Gasteiger partial charge in [0.15, 0.2) is 5.82 Å². The third-order valence-corrected chi connectivity index (χ3v) is 5.39. The molecule has 1 atom stereocenters. The molecular weight excluding hydrogens is 328 g/mol. The molecule has 3 rings (SSSR count). The van der Waals surface area contributed by atoms with E-state index in [1.807, 2.05) is 6.92 Å². The maximum absolute atomic E-state index is 12.5. The number of carbonyl (C=O) groups excluding carboxylic acids is 1. The number of hydrogen-bond acceptors (Lipinski definition) is 7. The van der Waals surface area contributed by atoms with Gasteiger partial charge in [-0.1, -0.05) is 0 Å². The van der Waals surface area contributed by atoms with Crippen molar-refractivity contribution in [2.24, 2.45) is 11.7 Å². The lowest BCUT2D eigenvalue weighted by atomic mass is 10.2. The third kappa shape index (κ3) is 3.35. The van der Waals surface area contributed by atoms with E-state index in [9.17, 15) is 4.79 Å². The average Bonchev–Trinajstić information content (AvgIpc) is 3.36. The maximum atomic E-state index is 12.5. The highest BCUT2D eigenvalue weighted by atomic mass is 32.1. The van der Waals surface area contributed by atoms with E-state index in [-0.39, 0.29) is 11.9 Å². The van der Waals surface area contributed by atoms with Crippen LogP contribution in [-0.2, 0) is 11.3 Å². The quantitative estimate of drug-likeness (QED) is 0.787. The lowest BCUT2D eigenvalue weighted by Gasteiger charge is -2.11. The van der Waals surface area contributed by atoms with E-state index in [1.54, 1.807) is 14.2 Å². The highest BCUT2D eigenvalue weighted by Crippen LogP contribution is 2.35. The number of carbonyl (C=O) groups is 1. The first-order valence-corrected chi connectivity index (χ1v) is 8.73. The molecule has 2 heterocycles. The van der Waals surface area contributed by atoms with E-state index in [4.69, 9.17) is 15.2 Å². The van der Waals surface area contributed by atoms with Gasteiger partial charge in [0.05, 0.1) is 17.4 Å². The van der Waals surface area contributed by atoms with Gasteiger partial charge in [0, 0.05) is 19.7 Å². The zero-order chi connectivity index (χ0) is 17.3. The number of rotatable bonds is 7. The Morgan fingerprint density at radius 1 is 1.42 bits per heavy atom. The van der Waals surface area contributed by atoms with Crippen molar-refractivity contribution in [3.05, 3.63) is 16.3 Å². The lowest BCUT2D eigenvalue weighted by Crippen LogP contribution is -2.38. The number of nitrogens with two attached hydrogens (primary N) is 1. The van der Waals surface area contributed by atoms with Crippen molar-refractivity contribution in [1.29, 1.82) is 0 Å². The molecule has 7 nitrogen and oxygen atoms in total. The standard InChI is InChI=1S/C16H22N4O3S/c1-8-12-15(23-3)19-11(7-22-2)20-16(12)24-13(8)14(21)18-6-10(17)9-4-5-9/h9-10H,4-7,17H2,1-3H3,(H,18,21). The van der Waals surface area contributed by atoms with Crippen molar-refractivity contribution < 1.29 is 14.3 Å². The monoisotopic (exact) mass is 350 g/mol. The van der Waals surface area contributed by atoms with Crippen molar-refractivity contribution in [2.45, 2.75) is 32.4 Å². The van der Waals surface area contributed by atoms with Gasteiger partial charge in [-0.15, -0.1) is 11.3 Å². The summed E-state index contributed by atoms with van der Waals surface area (Å²) < 4.78 is 10.5. The van der Waals surface area contributed by atoms with E-state index in [1.165, 1.54) is 11.3 Å². The fraction of sp³-hybridized carbons (Fsp3) is 0.562. The Balaban J connectivity index is 1.87. The summed E-state index contributed by atoms with van der Waals surface area (Å²) in [6.45, 7) is 2.67. The zero-order valence-electron chi connectivity index (χ0n) is 14.1. The van der Waals surface area contributed by atoms with Gasteiger partial charge in [0.25, 0.3) is 5.91 Å². The minimum atomic E-state index is -0.123. The van der Waals surface area contributed by atoms with E-state index in [0.29, 0.717) is 35.7 Å². The van der Waals surface area contributed by atoms with Crippen molar-refractivity contribution in [2.75, 3.05) is 20.8 Å². The Morgan fingerprint density at radius 3 is 2.79 bits per heavy atom. The Bertz CT molecular complexity index is 757. The number of aryl methyl sites for hydroxylation is 1. The Kier molecular flexibility index (Phi) is 4.98. The van der Waals surface area contributed by atoms with Gasteiger partial charge in [0.2, 0.25) is 5.88 Å². The maximum Gasteiger partial charge on any atom is 0.261 e. The SMILES string of the molecule is COCc1nc(OC)c2c(C)c(C(=O)NCC(N)C3CC3)sc2n1. The topological polar surface area (TPSA) is 99.4 Å². The molecule has 0 radical (unpaired) electrons. The number of nitrogens with one attached hydrogen (secondary N) is 1. The average molecular weight is 350 g/mol. The summed E-state index contributed by atoms with van der Waals surface area (Å²) in [5, 5.41) is 3.71. The molecule has 1 fully saturated rings. The summed E-state index contributed by atoms with van der Waals surface area (Å²) in [6, 6.07) is 0.0336. The van der Waals surface area contributed by atoms with Gasteiger partial charge in [0.1, 0.15) is 11.4 Å². The molecule has 0 spiro atoms. The summed E-state index contributed by atoms with van der Waals surface area (Å²) in [4.78, 5) is 22.7. The molecule has 1 unspecified atom stereocenters. The predicted molar refractivity (Wildman–Crippen MR) is 92.4 cm³/mol. The molecule has 1 aliphatic rings.